The molecule has 2 aromatic rings. The second kappa shape index (κ2) is 6.03. The van der Waals surface area contributed by atoms with Crippen molar-refractivity contribution in [3.05, 3.63) is 42.5 Å². The standard InChI is InChI=1S/C16H20N2O2S/c19-21(20,12-13-7-9-17-10-8-13)18-16-6-5-14-3-1-2-4-15(14)11-16/h1-6,11,13,17-18H,7-10,12H2. The smallest absolute Gasteiger partial charge is 0.232 e. The lowest BCUT2D eigenvalue weighted by molar-refractivity contribution is 0.402. The molecule has 1 aliphatic rings. The van der Waals surface area contributed by atoms with Gasteiger partial charge in [-0.15, -0.1) is 0 Å². The van der Waals surface area contributed by atoms with E-state index < -0.39 is 10.0 Å². The molecule has 5 heteroatoms. The van der Waals surface area contributed by atoms with Crippen LogP contribution in [0.1, 0.15) is 12.8 Å². The molecule has 0 spiro atoms. The van der Waals surface area contributed by atoms with Crippen LogP contribution in [0.2, 0.25) is 0 Å². The van der Waals surface area contributed by atoms with E-state index in [2.05, 4.69) is 10.0 Å². The number of piperidine rings is 1. The van der Waals surface area contributed by atoms with E-state index in [1.807, 2.05) is 42.5 Å². The van der Waals surface area contributed by atoms with Gasteiger partial charge in [0.1, 0.15) is 0 Å². The maximum atomic E-state index is 12.3. The van der Waals surface area contributed by atoms with E-state index in [-0.39, 0.29) is 11.7 Å². The predicted octanol–water partition coefficient (Wildman–Crippen LogP) is 2.58. The van der Waals surface area contributed by atoms with Gasteiger partial charge in [-0.1, -0.05) is 30.3 Å². The minimum absolute atomic E-state index is 0.210. The van der Waals surface area contributed by atoms with E-state index in [9.17, 15) is 8.42 Å². The Morgan fingerprint density at radius 1 is 1.05 bits per heavy atom. The highest BCUT2D eigenvalue weighted by Crippen LogP contribution is 2.21. The number of fused-ring (bicyclic) bond motifs is 1. The van der Waals surface area contributed by atoms with Crippen LogP contribution < -0.4 is 10.0 Å². The summed E-state index contributed by atoms with van der Waals surface area (Å²) in [5.74, 6) is 0.464. The predicted molar refractivity (Wildman–Crippen MR) is 87.0 cm³/mol. The van der Waals surface area contributed by atoms with Gasteiger partial charge in [-0.2, -0.15) is 0 Å². The first kappa shape index (κ1) is 14.4. The van der Waals surface area contributed by atoms with Gasteiger partial charge < -0.3 is 5.32 Å². The van der Waals surface area contributed by atoms with Crippen LogP contribution in [-0.2, 0) is 10.0 Å². The van der Waals surface area contributed by atoms with Crippen molar-refractivity contribution in [1.29, 1.82) is 0 Å². The van der Waals surface area contributed by atoms with Gasteiger partial charge in [0.25, 0.3) is 0 Å². The molecule has 2 N–H and O–H groups in total. The van der Waals surface area contributed by atoms with E-state index in [0.717, 1.165) is 36.7 Å². The van der Waals surface area contributed by atoms with Crippen LogP contribution in [0.3, 0.4) is 0 Å². The highest BCUT2D eigenvalue weighted by atomic mass is 32.2. The zero-order valence-electron chi connectivity index (χ0n) is 11.9. The average molecular weight is 304 g/mol. The second-order valence-electron chi connectivity index (χ2n) is 5.64. The van der Waals surface area contributed by atoms with Gasteiger partial charge in [-0.3, -0.25) is 4.72 Å². The van der Waals surface area contributed by atoms with Crippen molar-refractivity contribution in [2.75, 3.05) is 23.6 Å². The fourth-order valence-corrected chi connectivity index (χ4v) is 4.36. The van der Waals surface area contributed by atoms with E-state index in [4.69, 9.17) is 0 Å². The highest BCUT2D eigenvalue weighted by molar-refractivity contribution is 7.92. The number of rotatable bonds is 4. The third kappa shape index (κ3) is 3.74. The quantitative estimate of drug-likeness (QED) is 0.913. The minimum atomic E-state index is -3.28. The number of hydrogen-bond donors (Lipinski definition) is 2. The molecule has 0 radical (unpaired) electrons. The molecular formula is C16H20N2O2S. The number of anilines is 1. The van der Waals surface area contributed by atoms with Gasteiger partial charge in [-0.25, -0.2) is 8.42 Å². The summed E-state index contributed by atoms with van der Waals surface area (Å²) in [7, 11) is -3.28. The molecule has 2 aromatic carbocycles. The molecule has 3 rings (SSSR count). The number of hydrogen-bond acceptors (Lipinski definition) is 3. The molecule has 0 unspecified atom stereocenters. The molecule has 1 saturated heterocycles. The molecule has 21 heavy (non-hydrogen) atoms. The Kier molecular flexibility index (Phi) is 4.12. The topological polar surface area (TPSA) is 58.2 Å². The number of benzene rings is 2. The van der Waals surface area contributed by atoms with Crippen LogP contribution >= 0.6 is 0 Å². The molecule has 1 heterocycles. The van der Waals surface area contributed by atoms with Crippen molar-refractivity contribution in [3.8, 4) is 0 Å². The van der Waals surface area contributed by atoms with Gasteiger partial charge >= 0.3 is 0 Å². The first-order valence-corrected chi connectivity index (χ1v) is 8.98. The first-order valence-electron chi connectivity index (χ1n) is 7.32. The lowest BCUT2D eigenvalue weighted by atomic mass is 10.0. The Morgan fingerprint density at radius 2 is 1.76 bits per heavy atom. The van der Waals surface area contributed by atoms with Crippen LogP contribution in [0.25, 0.3) is 10.8 Å². The van der Waals surface area contributed by atoms with Crippen LogP contribution in [-0.4, -0.2) is 27.3 Å². The summed E-state index contributed by atoms with van der Waals surface area (Å²) < 4.78 is 27.3. The van der Waals surface area contributed by atoms with E-state index in [1.165, 1.54) is 0 Å². The van der Waals surface area contributed by atoms with E-state index >= 15 is 0 Å². The Morgan fingerprint density at radius 3 is 2.52 bits per heavy atom. The number of nitrogens with one attached hydrogen (secondary N) is 2. The SMILES string of the molecule is O=S(=O)(CC1CCNCC1)Nc1ccc2ccccc2c1. The molecule has 0 saturated carbocycles. The Bertz CT molecular complexity index is 722. The van der Waals surface area contributed by atoms with Crippen LogP contribution in [0.4, 0.5) is 5.69 Å². The molecule has 0 bridgehead atoms. The van der Waals surface area contributed by atoms with Gasteiger partial charge in [0.05, 0.1) is 5.75 Å². The summed E-state index contributed by atoms with van der Waals surface area (Å²) in [6.45, 7) is 1.83. The summed E-state index contributed by atoms with van der Waals surface area (Å²) in [5.41, 5.74) is 0.641. The normalized spacial score (nSPS) is 17.0. The maximum Gasteiger partial charge on any atom is 0.232 e. The van der Waals surface area contributed by atoms with Crippen LogP contribution in [0.15, 0.2) is 42.5 Å². The molecule has 112 valence electrons. The molecule has 0 amide bonds. The molecule has 1 fully saturated rings. The van der Waals surface area contributed by atoms with Crippen molar-refractivity contribution in [1.82, 2.24) is 5.32 Å². The van der Waals surface area contributed by atoms with Crippen molar-refractivity contribution >= 4 is 26.5 Å². The van der Waals surface area contributed by atoms with E-state index in [0.29, 0.717) is 5.69 Å². The summed E-state index contributed by atoms with van der Waals surface area (Å²) in [6, 6.07) is 13.6. The number of sulfonamides is 1. The van der Waals surface area contributed by atoms with Gasteiger partial charge in [-0.05, 0) is 54.8 Å². The van der Waals surface area contributed by atoms with Crippen LogP contribution in [0, 0.1) is 5.92 Å². The first-order chi connectivity index (χ1) is 10.1. The molecule has 0 atom stereocenters. The fourth-order valence-electron chi connectivity index (χ4n) is 2.83. The third-order valence-corrected chi connectivity index (χ3v) is 5.39. The van der Waals surface area contributed by atoms with E-state index in [1.54, 1.807) is 0 Å². The zero-order chi connectivity index (χ0) is 14.7. The lowest BCUT2D eigenvalue weighted by Gasteiger charge is -2.22. The Labute approximate surface area is 125 Å². The second-order valence-corrected chi connectivity index (χ2v) is 7.41. The lowest BCUT2D eigenvalue weighted by Crippen LogP contribution is -2.33. The largest absolute Gasteiger partial charge is 0.317 e. The minimum Gasteiger partial charge on any atom is -0.317 e. The Balaban J connectivity index is 1.73. The molecule has 4 nitrogen and oxygen atoms in total. The molecule has 0 aromatic heterocycles. The van der Waals surface area contributed by atoms with Crippen molar-refractivity contribution in [3.63, 3.8) is 0 Å². The average Bonchev–Trinajstić information content (AvgIpc) is 2.47. The summed E-state index contributed by atoms with van der Waals surface area (Å²) in [6.07, 6.45) is 1.86. The fraction of sp³-hybridized carbons (Fsp3) is 0.375. The summed E-state index contributed by atoms with van der Waals surface area (Å²) in [5, 5.41) is 5.41. The van der Waals surface area contributed by atoms with Crippen molar-refractivity contribution in [2.24, 2.45) is 5.92 Å². The molecule has 1 aliphatic heterocycles. The van der Waals surface area contributed by atoms with Gasteiger partial charge in [0, 0.05) is 5.69 Å². The van der Waals surface area contributed by atoms with Crippen molar-refractivity contribution < 1.29 is 8.42 Å². The van der Waals surface area contributed by atoms with Crippen molar-refractivity contribution in [2.45, 2.75) is 12.8 Å². The van der Waals surface area contributed by atoms with Gasteiger partial charge in [0.15, 0.2) is 0 Å². The van der Waals surface area contributed by atoms with Crippen LogP contribution in [0.5, 0.6) is 0 Å². The third-order valence-electron chi connectivity index (χ3n) is 3.94. The maximum absolute atomic E-state index is 12.3. The summed E-state index contributed by atoms with van der Waals surface area (Å²) in [4.78, 5) is 0. The molecule has 0 aliphatic carbocycles. The monoisotopic (exact) mass is 304 g/mol. The Hall–Kier alpha value is -1.59. The highest BCUT2D eigenvalue weighted by Gasteiger charge is 2.21. The molecular weight excluding hydrogens is 284 g/mol. The summed E-state index contributed by atoms with van der Waals surface area (Å²) >= 11 is 0. The van der Waals surface area contributed by atoms with Gasteiger partial charge in [0.2, 0.25) is 10.0 Å². The zero-order valence-corrected chi connectivity index (χ0v) is 12.7.